The third-order valence-electron chi connectivity index (χ3n) is 2.88. The fraction of sp³-hybridized carbons (Fsp3) is 0.818. The lowest BCUT2D eigenvalue weighted by atomic mass is 9.86. The van der Waals surface area contributed by atoms with Gasteiger partial charge in [-0.1, -0.05) is 0 Å². The van der Waals surface area contributed by atoms with Crippen LogP contribution in [0.5, 0.6) is 0 Å². The van der Waals surface area contributed by atoms with Gasteiger partial charge in [0, 0.05) is 19.3 Å². The predicted molar refractivity (Wildman–Crippen MR) is 52.8 cm³/mol. The molecule has 3 heteroatoms. The molecule has 0 saturated carbocycles. The maximum absolute atomic E-state index is 10.4. The van der Waals surface area contributed by atoms with E-state index in [1.54, 1.807) is 0 Å². The smallest absolute Gasteiger partial charge is 0.126 e. The fourth-order valence-corrected chi connectivity index (χ4v) is 2.47. The molecular weight excluding hydrogens is 180 g/mol. The average Bonchev–Trinajstić information content (AvgIpc) is 2.52. The summed E-state index contributed by atoms with van der Waals surface area (Å²) in [5, 5.41) is 10.4. The summed E-state index contributed by atoms with van der Waals surface area (Å²) in [5.41, 5.74) is -0.784. The number of hydrogen-bond acceptors (Lipinski definition) is 3. The van der Waals surface area contributed by atoms with Crippen LogP contribution in [0.25, 0.3) is 0 Å². The van der Waals surface area contributed by atoms with Crippen LogP contribution >= 0.6 is 0 Å². The average molecular weight is 198 g/mol. The normalized spacial score (nSPS) is 43.2. The Morgan fingerprint density at radius 1 is 1.36 bits per heavy atom. The highest BCUT2D eigenvalue weighted by Crippen LogP contribution is 2.36. The largest absolute Gasteiger partial charge is 0.495 e. The van der Waals surface area contributed by atoms with E-state index in [0.29, 0.717) is 19.4 Å². The fourth-order valence-electron chi connectivity index (χ4n) is 2.47. The lowest BCUT2D eigenvalue weighted by molar-refractivity contribution is -0.130. The van der Waals surface area contributed by atoms with Crippen molar-refractivity contribution in [2.24, 2.45) is 0 Å². The van der Waals surface area contributed by atoms with E-state index in [4.69, 9.17) is 9.47 Å². The number of aliphatic hydroxyl groups is 1. The van der Waals surface area contributed by atoms with E-state index < -0.39 is 5.60 Å². The van der Waals surface area contributed by atoms with Crippen molar-refractivity contribution in [3.8, 4) is 0 Å². The highest BCUT2D eigenvalue weighted by Gasteiger charge is 2.41. The molecule has 0 amide bonds. The first-order valence-corrected chi connectivity index (χ1v) is 5.31. The zero-order chi connectivity index (χ0) is 10.2. The third-order valence-corrected chi connectivity index (χ3v) is 2.88. The number of rotatable bonds is 1. The second-order valence-corrected chi connectivity index (χ2v) is 4.40. The number of ether oxygens (including phenoxy) is 2. The van der Waals surface area contributed by atoms with Crippen LogP contribution in [0.2, 0.25) is 0 Å². The van der Waals surface area contributed by atoms with Crippen molar-refractivity contribution in [2.45, 2.75) is 50.9 Å². The molecule has 3 nitrogen and oxygen atoms in total. The van der Waals surface area contributed by atoms with Crippen LogP contribution in [0.15, 0.2) is 11.8 Å². The van der Waals surface area contributed by atoms with Crippen molar-refractivity contribution in [3.63, 3.8) is 0 Å². The second kappa shape index (κ2) is 3.55. The van der Waals surface area contributed by atoms with E-state index in [1.807, 2.05) is 19.9 Å². The predicted octanol–water partition coefficient (Wildman–Crippen LogP) is 1.61. The SMILES string of the molecule is CC1CC(O)(C2=CCCO2)CC(C)O1. The molecule has 0 aromatic heterocycles. The lowest BCUT2D eigenvalue weighted by Crippen LogP contribution is -2.44. The molecule has 2 rings (SSSR count). The van der Waals surface area contributed by atoms with Crippen molar-refractivity contribution in [3.05, 3.63) is 11.8 Å². The molecule has 0 aromatic carbocycles. The van der Waals surface area contributed by atoms with E-state index in [0.717, 1.165) is 12.2 Å². The summed E-state index contributed by atoms with van der Waals surface area (Å²) >= 11 is 0. The lowest BCUT2D eigenvalue weighted by Gasteiger charge is -2.39. The first-order valence-electron chi connectivity index (χ1n) is 5.31. The van der Waals surface area contributed by atoms with Crippen LogP contribution < -0.4 is 0 Å². The van der Waals surface area contributed by atoms with Crippen molar-refractivity contribution in [2.75, 3.05) is 6.61 Å². The van der Waals surface area contributed by atoms with Gasteiger partial charge in [-0.15, -0.1) is 0 Å². The summed E-state index contributed by atoms with van der Waals surface area (Å²) in [5.74, 6) is 0.763. The van der Waals surface area contributed by atoms with Gasteiger partial charge in [-0.05, 0) is 19.9 Å². The molecule has 2 aliphatic heterocycles. The first kappa shape index (κ1) is 9.99. The van der Waals surface area contributed by atoms with Crippen molar-refractivity contribution < 1.29 is 14.6 Å². The quantitative estimate of drug-likeness (QED) is 0.695. The van der Waals surface area contributed by atoms with Gasteiger partial charge in [0.1, 0.15) is 11.4 Å². The van der Waals surface area contributed by atoms with E-state index in [2.05, 4.69) is 0 Å². The Labute approximate surface area is 84.7 Å². The molecule has 1 fully saturated rings. The first-order chi connectivity index (χ1) is 6.60. The van der Waals surface area contributed by atoms with Crippen LogP contribution in [0.4, 0.5) is 0 Å². The van der Waals surface area contributed by atoms with E-state index >= 15 is 0 Å². The van der Waals surface area contributed by atoms with Gasteiger partial charge < -0.3 is 14.6 Å². The van der Waals surface area contributed by atoms with Crippen molar-refractivity contribution in [1.82, 2.24) is 0 Å². The van der Waals surface area contributed by atoms with Crippen molar-refractivity contribution in [1.29, 1.82) is 0 Å². The molecule has 14 heavy (non-hydrogen) atoms. The molecule has 2 atom stereocenters. The summed E-state index contributed by atoms with van der Waals surface area (Å²) in [7, 11) is 0. The molecule has 2 heterocycles. The van der Waals surface area contributed by atoms with Crippen LogP contribution in [-0.2, 0) is 9.47 Å². The molecule has 0 aliphatic carbocycles. The molecule has 1 N–H and O–H groups in total. The van der Waals surface area contributed by atoms with E-state index in [1.165, 1.54) is 0 Å². The topological polar surface area (TPSA) is 38.7 Å². The van der Waals surface area contributed by atoms with Gasteiger partial charge in [0.05, 0.1) is 18.8 Å². The summed E-state index contributed by atoms with van der Waals surface area (Å²) in [6.45, 7) is 4.70. The summed E-state index contributed by atoms with van der Waals surface area (Å²) in [6.07, 6.45) is 4.42. The summed E-state index contributed by atoms with van der Waals surface area (Å²) < 4.78 is 11.0. The maximum atomic E-state index is 10.4. The number of hydrogen-bond donors (Lipinski definition) is 1. The van der Waals surface area contributed by atoms with Gasteiger partial charge >= 0.3 is 0 Å². The maximum Gasteiger partial charge on any atom is 0.126 e. The highest BCUT2D eigenvalue weighted by molar-refractivity contribution is 5.15. The highest BCUT2D eigenvalue weighted by atomic mass is 16.5. The monoisotopic (exact) mass is 198 g/mol. The molecule has 0 bridgehead atoms. The molecule has 2 aliphatic rings. The van der Waals surface area contributed by atoms with E-state index in [-0.39, 0.29) is 12.2 Å². The van der Waals surface area contributed by atoms with Crippen LogP contribution in [0.1, 0.15) is 33.1 Å². The van der Waals surface area contributed by atoms with Gasteiger partial charge in [-0.25, -0.2) is 0 Å². The minimum absolute atomic E-state index is 0.105. The Balaban J connectivity index is 2.13. The molecule has 0 radical (unpaired) electrons. The Morgan fingerprint density at radius 2 is 2.00 bits per heavy atom. The van der Waals surface area contributed by atoms with Gasteiger partial charge in [0.25, 0.3) is 0 Å². The molecule has 0 spiro atoms. The van der Waals surface area contributed by atoms with Crippen molar-refractivity contribution >= 4 is 0 Å². The third kappa shape index (κ3) is 1.79. The minimum Gasteiger partial charge on any atom is -0.495 e. The van der Waals surface area contributed by atoms with Crippen LogP contribution in [0.3, 0.4) is 0 Å². The molecule has 2 unspecified atom stereocenters. The Kier molecular flexibility index (Phi) is 2.54. The second-order valence-electron chi connectivity index (χ2n) is 4.40. The Hall–Kier alpha value is -0.540. The molecule has 80 valence electrons. The van der Waals surface area contributed by atoms with E-state index in [9.17, 15) is 5.11 Å². The van der Waals surface area contributed by atoms with Gasteiger partial charge in [-0.2, -0.15) is 0 Å². The Bertz CT molecular complexity index is 237. The standard InChI is InChI=1S/C11H18O3/c1-8-6-11(12,7-9(2)14-8)10-4-3-5-13-10/h4,8-9,12H,3,5-7H2,1-2H3. The van der Waals surface area contributed by atoms with Gasteiger partial charge in [-0.3, -0.25) is 0 Å². The molecule has 1 saturated heterocycles. The summed E-state index contributed by atoms with van der Waals surface area (Å²) in [6, 6.07) is 0. The molecular formula is C11H18O3. The zero-order valence-electron chi connectivity index (χ0n) is 8.82. The zero-order valence-corrected chi connectivity index (χ0v) is 8.82. The molecule has 0 aromatic rings. The summed E-state index contributed by atoms with van der Waals surface area (Å²) in [4.78, 5) is 0. The van der Waals surface area contributed by atoms with Gasteiger partial charge in [0.2, 0.25) is 0 Å². The Morgan fingerprint density at radius 3 is 2.50 bits per heavy atom. The minimum atomic E-state index is -0.784. The van der Waals surface area contributed by atoms with Gasteiger partial charge in [0.15, 0.2) is 0 Å². The van der Waals surface area contributed by atoms with Crippen LogP contribution in [0, 0.1) is 0 Å². The van der Waals surface area contributed by atoms with Crippen LogP contribution in [-0.4, -0.2) is 29.5 Å².